The lowest BCUT2D eigenvalue weighted by molar-refractivity contribution is -0.121. The molecular formula is C18H34N4O4S. The molecule has 4 N–H and O–H groups in total. The lowest BCUT2D eigenvalue weighted by Gasteiger charge is -2.16. The van der Waals surface area contributed by atoms with Crippen LogP contribution in [0.5, 0.6) is 0 Å². The summed E-state index contributed by atoms with van der Waals surface area (Å²) in [5, 5.41) is 12.5. The third-order valence-corrected chi connectivity index (χ3v) is 6.20. The molecule has 3 amide bonds. The second-order valence-corrected chi connectivity index (χ2v) is 8.07. The third-order valence-electron chi connectivity index (χ3n) is 4.69. The summed E-state index contributed by atoms with van der Waals surface area (Å²) in [6, 6.07) is 0.478. The molecule has 2 aliphatic rings. The molecule has 27 heavy (non-hydrogen) atoms. The number of hydrogen-bond donors (Lipinski definition) is 4. The van der Waals surface area contributed by atoms with Gasteiger partial charge in [-0.1, -0.05) is 13.3 Å². The van der Waals surface area contributed by atoms with E-state index in [4.69, 9.17) is 9.47 Å². The van der Waals surface area contributed by atoms with E-state index in [9.17, 15) is 9.59 Å². The summed E-state index contributed by atoms with van der Waals surface area (Å²) < 4.78 is 10.8. The fraction of sp³-hybridized carbons (Fsp3) is 0.889. The van der Waals surface area contributed by atoms with Crippen LogP contribution in [0.25, 0.3) is 0 Å². The molecule has 8 nitrogen and oxygen atoms in total. The van der Waals surface area contributed by atoms with Crippen molar-refractivity contribution in [1.29, 1.82) is 0 Å². The highest BCUT2D eigenvalue weighted by atomic mass is 32.2. The summed E-state index contributed by atoms with van der Waals surface area (Å²) in [6.07, 6.45) is 3.47. The Hall–Kier alpha value is -1.03. The molecule has 0 spiro atoms. The predicted molar refractivity (Wildman–Crippen MR) is 107 cm³/mol. The van der Waals surface area contributed by atoms with E-state index in [1.807, 2.05) is 11.8 Å². The first-order valence-corrected chi connectivity index (χ1v) is 11.1. The zero-order valence-electron chi connectivity index (χ0n) is 16.3. The van der Waals surface area contributed by atoms with Crippen LogP contribution in [-0.2, 0) is 14.3 Å². The van der Waals surface area contributed by atoms with Crippen LogP contribution in [0.15, 0.2) is 0 Å². The largest absolute Gasteiger partial charge is 0.378 e. The van der Waals surface area contributed by atoms with E-state index < -0.39 is 0 Å². The number of urea groups is 1. The van der Waals surface area contributed by atoms with Crippen LogP contribution in [0.4, 0.5) is 4.79 Å². The van der Waals surface area contributed by atoms with E-state index in [0.717, 1.165) is 38.1 Å². The number of ether oxygens (including phenoxy) is 2. The van der Waals surface area contributed by atoms with Crippen LogP contribution in [0.3, 0.4) is 0 Å². The van der Waals surface area contributed by atoms with Gasteiger partial charge in [0.05, 0.1) is 38.5 Å². The number of carbonyl (C=O) groups excluding carboxylic acids is 2. The maximum absolute atomic E-state index is 11.8. The molecule has 9 heteroatoms. The van der Waals surface area contributed by atoms with Gasteiger partial charge < -0.3 is 30.7 Å². The molecule has 0 aromatic carbocycles. The van der Waals surface area contributed by atoms with Crippen LogP contribution in [-0.4, -0.2) is 81.1 Å². The SMILES string of the molecule is CCNCCOCCOCCNC(=O)CCCC[C@@H]1SC[C@@H]2NC(=O)N[C@@H]21. The normalized spacial score (nSPS) is 23.7. The standard InChI is InChI=1S/C18H34N4O4S/c1-2-19-7-9-25-11-12-26-10-8-20-16(23)6-4-3-5-15-17-14(13-27-15)21-18(24)22-17/h14-15,17,19H,2-13H2,1H3,(H,20,23)(H2,21,22,24)/t14-,15-,17-/m0/s1. The Labute approximate surface area is 166 Å². The molecule has 2 rings (SSSR count). The van der Waals surface area contributed by atoms with E-state index in [1.54, 1.807) is 0 Å². The summed E-state index contributed by atoms with van der Waals surface area (Å²) >= 11 is 1.92. The Bertz CT molecular complexity index is 455. The monoisotopic (exact) mass is 402 g/mol. The highest BCUT2D eigenvalue weighted by Crippen LogP contribution is 2.33. The molecule has 0 aliphatic carbocycles. The van der Waals surface area contributed by atoms with Gasteiger partial charge in [0.1, 0.15) is 0 Å². The van der Waals surface area contributed by atoms with Crippen LogP contribution in [0.1, 0.15) is 32.6 Å². The minimum absolute atomic E-state index is 0.0445. The summed E-state index contributed by atoms with van der Waals surface area (Å²) in [4.78, 5) is 23.2. The zero-order chi connectivity index (χ0) is 19.3. The average Bonchev–Trinajstić information content (AvgIpc) is 3.20. The second-order valence-electron chi connectivity index (χ2n) is 6.80. The lowest BCUT2D eigenvalue weighted by Crippen LogP contribution is -2.36. The summed E-state index contributed by atoms with van der Waals surface area (Å²) in [6.45, 7) is 6.75. The zero-order valence-corrected chi connectivity index (χ0v) is 17.1. The van der Waals surface area contributed by atoms with Gasteiger partial charge in [0.15, 0.2) is 0 Å². The molecule has 0 saturated carbocycles. The van der Waals surface area contributed by atoms with Gasteiger partial charge in [-0.05, 0) is 19.4 Å². The molecule has 2 saturated heterocycles. The molecule has 2 aliphatic heterocycles. The molecule has 0 aromatic rings. The Morgan fingerprint density at radius 3 is 2.70 bits per heavy atom. The minimum atomic E-state index is -0.0445. The molecule has 156 valence electrons. The highest BCUT2D eigenvalue weighted by Gasteiger charge is 2.42. The summed E-state index contributed by atoms with van der Waals surface area (Å²) in [7, 11) is 0. The van der Waals surface area contributed by atoms with Gasteiger partial charge in [0.25, 0.3) is 0 Å². The van der Waals surface area contributed by atoms with Crippen LogP contribution in [0.2, 0.25) is 0 Å². The molecule has 2 heterocycles. The van der Waals surface area contributed by atoms with Crippen molar-refractivity contribution in [2.45, 2.75) is 49.9 Å². The molecule has 0 unspecified atom stereocenters. The fourth-order valence-corrected chi connectivity index (χ4v) is 4.81. The first-order valence-electron chi connectivity index (χ1n) is 10.0. The second kappa shape index (κ2) is 13.2. The summed E-state index contributed by atoms with van der Waals surface area (Å²) in [5.41, 5.74) is 0. The Morgan fingerprint density at radius 2 is 1.93 bits per heavy atom. The topological polar surface area (TPSA) is 101 Å². The minimum Gasteiger partial charge on any atom is -0.378 e. The van der Waals surface area contributed by atoms with Crippen molar-refractivity contribution in [1.82, 2.24) is 21.3 Å². The number of hydrogen-bond acceptors (Lipinski definition) is 6. The quantitative estimate of drug-likeness (QED) is 0.235. The van der Waals surface area contributed by atoms with Gasteiger partial charge in [0.2, 0.25) is 5.91 Å². The maximum atomic E-state index is 11.8. The maximum Gasteiger partial charge on any atom is 0.315 e. The van der Waals surface area contributed by atoms with Gasteiger partial charge in [0, 0.05) is 30.5 Å². The average molecular weight is 403 g/mol. The molecule has 0 aromatic heterocycles. The van der Waals surface area contributed by atoms with E-state index in [-0.39, 0.29) is 24.0 Å². The Balaban J connectivity index is 1.36. The molecular weight excluding hydrogens is 368 g/mol. The van der Waals surface area contributed by atoms with Crippen LogP contribution < -0.4 is 21.3 Å². The third kappa shape index (κ3) is 8.68. The first-order chi connectivity index (χ1) is 13.2. The Kier molecular flexibility index (Phi) is 10.9. The van der Waals surface area contributed by atoms with Crippen LogP contribution >= 0.6 is 11.8 Å². The number of rotatable bonds is 15. The van der Waals surface area contributed by atoms with E-state index >= 15 is 0 Å². The van der Waals surface area contributed by atoms with Gasteiger partial charge in [-0.2, -0.15) is 11.8 Å². The van der Waals surface area contributed by atoms with E-state index in [0.29, 0.717) is 44.6 Å². The van der Waals surface area contributed by atoms with Crippen molar-refractivity contribution in [2.24, 2.45) is 0 Å². The predicted octanol–water partition coefficient (Wildman–Crippen LogP) is 0.471. The van der Waals surface area contributed by atoms with Crippen molar-refractivity contribution in [3.63, 3.8) is 0 Å². The molecule has 2 fully saturated rings. The van der Waals surface area contributed by atoms with Crippen LogP contribution in [0, 0.1) is 0 Å². The molecule has 0 radical (unpaired) electrons. The number of thioether (sulfide) groups is 1. The fourth-order valence-electron chi connectivity index (χ4n) is 3.27. The van der Waals surface area contributed by atoms with Crippen molar-refractivity contribution in [3.8, 4) is 0 Å². The van der Waals surface area contributed by atoms with Crippen molar-refractivity contribution >= 4 is 23.7 Å². The molecule has 3 atom stereocenters. The number of unbranched alkanes of at least 4 members (excludes halogenated alkanes) is 1. The first kappa shape index (κ1) is 22.3. The Morgan fingerprint density at radius 1 is 1.15 bits per heavy atom. The number of nitrogens with one attached hydrogen (secondary N) is 4. The van der Waals surface area contributed by atoms with Crippen molar-refractivity contribution in [2.75, 3.05) is 51.8 Å². The van der Waals surface area contributed by atoms with Gasteiger partial charge >= 0.3 is 6.03 Å². The summed E-state index contributed by atoms with van der Waals surface area (Å²) in [5.74, 6) is 1.06. The van der Waals surface area contributed by atoms with E-state index in [2.05, 4.69) is 28.2 Å². The van der Waals surface area contributed by atoms with E-state index in [1.165, 1.54) is 0 Å². The number of fused-ring (bicyclic) bond motifs is 1. The number of amides is 3. The number of likely N-dealkylation sites (N-methyl/N-ethyl adjacent to an activating group) is 1. The highest BCUT2D eigenvalue weighted by molar-refractivity contribution is 8.00. The van der Waals surface area contributed by atoms with Crippen molar-refractivity contribution < 1.29 is 19.1 Å². The smallest absolute Gasteiger partial charge is 0.315 e. The van der Waals surface area contributed by atoms with Gasteiger partial charge in [-0.15, -0.1) is 0 Å². The number of carbonyl (C=O) groups is 2. The van der Waals surface area contributed by atoms with Gasteiger partial charge in [-0.3, -0.25) is 4.79 Å². The van der Waals surface area contributed by atoms with Gasteiger partial charge in [-0.25, -0.2) is 4.79 Å². The van der Waals surface area contributed by atoms with Crippen molar-refractivity contribution in [3.05, 3.63) is 0 Å². The molecule has 0 bridgehead atoms. The lowest BCUT2D eigenvalue weighted by atomic mass is 10.0.